The van der Waals surface area contributed by atoms with E-state index in [4.69, 9.17) is 4.74 Å². The monoisotopic (exact) mass is 372 g/mol. The Morgan fingerprint density at radius 3 is 2.85 bits per heavy atom. The summed E-state index contributed by atoms with van der Waals surface area (Å²) in [4.78, 5) is 19.1. The van der Waals surface area contributed by atoms with Crippen molar-refractivity contribution in [2.24, 2.45) is 4.99 Å². The highest BCUT2D eigenvalue weighted by Crippen LogP contribution is 2.29. The summed E-state index contributed by atoms with van der Waals surface area (Å²) in [7, 11) is 0. The van der Waals surface area contributed by atoms with Gasteiger partial charge in [-0.25, -0.2) is 9.38 Å². The summed E-state index contributed by atoms with van der Waals surface area (Å²) in [5.41, 5.74) is 1.93. The Morgan fingerprint density at radius 2 is 2.12 bits per heavy atom. The lowest BCUT2D eigenvalue weighted by Crippen LogP contribution is -2.41. The minimum atomic E-state index is -0.475. The predicted octanol–water partition coefficient (Wildman–Crippen LogP) is 4.55. The fraction of sp³-hybridized carbons (Fsp3) is 0.300. The van der Waals surface area contributed by atoms with Crippen LogP contribution in [-0.2, 0) is 4.79 Å². The maximum Gasteiger partial charge on any atom is 0.266 e. The van der Waals surface area contributed by atoms with E-state index in [1.807, 2.05) is 38.1 Å². The number of amidine groups is 1. The minimum Gasteiger partial charge on any atom is -0.481 e. The summed E-state index contributed by atoms with van der Waals surface area (Å²) in [6, 6.07) is 14.0. The first-order chi connectivity index (χ1) is 12.6. The largest absolute Gasteiger partial charge is 0.481 e. The van der Waals surface area contributed by atoms with E-state index in [1.165, 1.54) is 12.1 Å². The number of thioether (sulfide) groups is 1. The van der Waals surface area contributed by atoms with Gasteiger partial charge in [0.1, 0.15) is 0 Å². The molecule has 1 atom stereocenters. The van der Waals surface area contributed by atoms with Crippen LogP contribution in [0.25, 0.3) is 0 Å². The van der Waals surface area contributed by atoms with Crippen molar-refractivity contribution in [1.82, 2.24) is 4.90 Å². The number of carbonyl (C=O) groups is 1. The van der Waals surface area contributed by atoms with E-state index in [-0.39, 0.29) is 24.3 Å². The van der Waals surface area contributed by atoms with Crippen molar-refractivity contribution in [3.05, 3.63) is 59.9 Å². The number of halogens is 1. The molecule has 1 aliphatic rings. The highest BCUT2D eigenvalue weighted by molar-refractivity contribution is 8.14. The lowest BCUT2D eigenvalue weighted by atomic mass is 10.2. The molecule has 1 aliphatic heterocycles. The summed E-state index contributed by atoms with van der Waals surface area (Å²) in [5.74, 6) is 0.193. The van der Waals surface area contributed by atoms with E-state index < -0.39 is 5.82 Å². The van der Waals surface area contributed by atoms with Crippen molar-refractivity contribution in [3.63, 3.8) is 0 Å². The van der Waals surface area contributed by atoms with E-state index in [1.54, 1.807) is 28.8 Å². The number of benzene rings is 2. The number of hydrogen-bond donors (Lipinski definition) is 0. The predicted molar refractivity (Wildman–Crippen MR) is 104 cm³/mol. The second-order valence-electron chi connectivity index (χ2n) is 6.09. The highest BCUT2D eigenvalue weighted by atomic mass is 32.2. The number of carbonyl (C=O) groups excluding carboxylic acids is 1. The zero-order valence-electron chi connectivity index (χ0n) is 14.8. The first kappa shape index (κ1) is 18.5. The maximum atomic E-state index is 13.7. The van der Waals surface area contributed by atoms with Crippen molar-refractivity contribution in [2.75, 3.05) is 12.4 Å². The van der Waals surface area contributed by atoms with Gasteiger partial charge in [0.2, 0.25) is 0 Å². The normalized spacial score (nSPS) is 18.3. The van der Waals surface area contributed by atoms with Crippen LogP contribution in [0.4, 0.5) is 10.1 Å². The Kier molecular flexibility index (Phi) is 5.93. The molecule has 0 aliphatic carbocycles. The number of rotatable bonds is 5. The third kappa shape index (κ3) is 4.25. The van der Waals surface area contributed by atoms with Gasteiger partial charge < -0.3 is 4.74 Å². The van der Waals surface area contributed by atoms with Gasteiger partial charge in [-0.05, 0) is 43.2 Å². The van der Waals surface area contributed by atoms with Gasteiger partial charge in [-0.15, -0.1) is 0 Å². The van der Waals surface area contributed by atoms with E-state index in [0.717, 1.165) is 23.4 Å². The highest BCUT2D eigenvalue weighted by Gasteiger charge is 2.34. The number of nitrogens with zero attached hydrogens (tertiary/aromatic N) is 2. The van der Waals surface area contributed by atoms with Crippen molar-refractivity contribution < 1.29 is 13.9 Å². The average Bonchev–Trinajstić information content (AvgIpc) is 3.03. The zero-order chi connectivity index (χ0) is 18.5. The van der Waals surface area contributed by atoms with Crippen molar-refractivity contribution in [3.8, 4) is 5.75 Å². The molecule has 0 spiro atoms. The summed E-state index contributed by atoms with van der Waals surface area (Å²) in [6.45, 7) is 3.83. The molecule has 0 bridgehead atoms. The molecule has 2 aromatic rings. The second-order valence-corrected chi connectivity index (χ2v) is 7.08. The van der Waals surface area contributed by atoms with Crippen LogP contribution in [-0.4, -0.2) is 34.4 Å². The van der Waals surface area contributed by atoms with Gasteiger partial charge >= 0.3 is 0 Å². The lowest BCUT2D eigenvalue weighted by molar-refractivity contribution is -0.130. The van der Waals surface area contributed by atoms with Crippen LogP contribution < -0.4 is 4.74 Å². The fourth-order valence-electron chi connectivity index (χ4n) is 2.75. The summed E-state index contributed by atoms with van der Waals surface area (Å²) in [5, 5.41) is 0.671. The second kappa shape index (κ2) is 8.36. The molecule has 0 unspecified atom stereocenters. The molecule has 0 saturated carbocycles. The molecule has 26 heavy (non-hydrogen) atoms. The van der Waals surface area contributed by atoms with Gasteiger partial charge in [-0.3, -0.25) is 9.69 Å². The number of aliphatic imine (C=N–C) groups is 1. The molecule has 1 fully saturated rings. The molecule has 1 saturated heterocycles. The van der Waals surface area contributed by atoms with Crippen LogP contribution in [0.3, 0.4) is 0 Å². The van der Waals surface area contributed by atoms with Crippen LogP contribution in [0.2, 0.25) is 0 Å². The number of hydrogen-bond acceptors (Lipinski definition) is 4. The lowest BCUT2D eigenvalue weighted by Gasteiger charge is -2.23. The summed E-state index contributed by atoms with van der Waals surface area (Å²) in [6.07, 6.45) is 0.825. The van der Waals surface area contributed by atoms with Gasteiger partial charge in [-0.2, -0.15) is 0 Å². The van der Waals surface area contributed by atoms with Gasteiger partial charge in [-0.1, -0.05) is 43.0 Å². The molecule has 0 aromatic heterocycles. The molecule has 3 rings (SSSR count). The number of ether oxygens (including phenoxy) is 1. The third-order valence-electron chi connectivity index (χ3n) is 4.13. The van der Waals surface area contributed by atoms with Crippen LogP contribution in [0, 0.1) is 12.7 Å². The van der Waals surface area contributed by atoms with E-state index >= 15 is 0 Å². The van der Waals surface area contributed by atoms with Crippen molar-refractivity contribution in [2.45, 2.75) is 26.3 Å². The van der Waals surface area contributed by atoms with Gasteiger partial charge in [0, 0.05) is 11.8 Å². The number of para-hydroxylation sites is 1. The molecule has 0 N–H and O–H groups in total. The van der Waals surface area contributed by atoms with Crippen LogP contribution in [0.1, 0.15) is 18.9 Å². The average molecular weight is 372 g/mol. The Bertz CT molecular complexity index is 825. The molecule has 6 heteroatoms. The Balaban J connectivity index is 1.77. The van der Waals surface area contributed by atoms with Crippen LogP contribution in [0.15, 0.2) is 53.5 Å². The molecular formula is C20H21FN2O2S. The smallest absolute Gasteiger partial charge is 0.266 e. The fourth-order valence-corrected chi connectivity index (χ4v) is 4.03. The SMILES string of the molecule is CC[C@H]1CSC(=Nc2cccc(C)c2)N1C(=O)COc1ccccc1F. The van der Waals surface area contributed by atoms with Crippen molar-refractivity contribution in [1.29, 1.82) is 0 Å². The number of aryl methyl sites for hydroxylation is 1. The van der Waals surface area contributed by atoms with Crippen LogP contribution >= 0.6 is 11.8 Å². The Morgan fingerprint density at radius 1 is 1.31 bits per heavy atom. The van der Waals surface area contributed by atoms with E-state index in [2.05, 4.69) is 4.99 Å². The van der Waals surface area contributed by atoms with Gasteiger partial charge in [0.15, 0.2) is 23.3 Å². The Hall–Kier alpha value is -2.34. The topological polar surface area (TPSA) is 41.9 Å². The number of amides is 1. The van der Waals surface area contributed by atoms with E-state index in [0.29, 0.717) is 5.17 Å². The third-order valence-corrected chi connectivity index (χ3v) is 5.23. The molecular weight excluding hydrogens is 351 g/mol. The standard InChI is InChI=1S/C20H21FN2O2S/c1-3-16-13-26-20(22-15-8-6-7-14(2)11-15)23(16)19(24)12-25-18-10-5-4-9-17(18)21/h4-11,16H,3,12-13H2,1-2H3/t16-/m0/s1. The quantitative estimate of drug-likeness (QED) is 0.773. The van der Waals surface area contributed by atoms with E-state index in [9.17, 15) is 9.18 Å². The van der Waals surface area contributed by atoms with Gasteiger partial charge in [0.25, 0.3) is 5.91 Å². The summed E-state index contributed by atoms with van der Waals surface area (Å²) < 4.78 is 19.1. The molecule has 0 radical (unpaired) electrons. The molecule has 2 aromatic carbocycles. The first-order valence-electron chi connectivity index (χ1n) is 8.56. The molecule has 4 nitrogen and oxygen atoms in total. The zero-order valence-corrected chi connectivity index (χ0v) is 15.6. The van der Waals surface area contributed by atoms with Gasteiger partial charge in [0.05, 0.1) is 5.69 Å². The molecule has 1 heterocycles. The maximum absolute atomic E-state index is 13.7. The molecule has 1 amide bonds. The minimum absolute atomic E-state index is 0.0697. The first-order valence-corrected chi connectivity index (χ1v) is 9.54. The van der Waals surface area contributed by atoms with Crippen molar-refractivity contribution >= 4 is 28.5 Å². The molecule has 136 valence electrons. The summed E-state index contributed by atoms with van der Waals surface area (Å²) >= 11 is 1.56. The van der Waals surface area contributed by atoms with Crippen LogP contribution in [0.5, 0.6) is 5.75 Å². The Labute approximate surface area is 157 Å².